The van der Waals surface area contributed by atoms with E-state index in [0.717, 1.165) is 27.1 Å². The lowest BCUT2D eigenvalue weighted by Crippen LogP contribution is -2.71. The molecule has 1 fully saturated rings. The van der Waals surface area contributed by atoms with Crippen LogP contribution in [-0.4, -0.2) is 68.1 Å². The number of carboxylic acids is 1. The van der Waals surface area contributed by atoms with Crippen molar-refractivity contribution in [2.24, 2.45) is 10.9 Å². The maximum Gasteiger partial charge on any atom is 0.276 e. The standard InChI is InChI=1S/C29H25ClFN9O5S2/c1-45-37-21(19-12-47-29(34)35-19)25(41)36-22-26(42)40-23(28(43)44)15(11-46-27(22)40)9-38-4-3-20-13(8-38)2-5-39(20)10-16-17(30)6-14(24(32)33)7-18(16)31/h2-8,12,22,27H,9-11H2,1H3,(H6-,32,33,34,35,36,41,43,44)/t22-,27-/m1/s1. The SMILES string of the molecule is CON=C(C(=O)N[C@@H]1C(=O)N2C(C(=O)[O-])=C(C[n+]3ccc4c(ccn4Cc4c(F)cc(C(=N)N)cc4Cl)c3)CS[C@H]12)c1csc(N)n1. The molecule has 2 atom stereocenters. The predicted octanol–water partition coefficient (Wildman–Crippen LogP) is 0.547. The Morgan fingerprint density at radius 3 is 2.81 bits per heavy atom. The maximum atomic E-state index is 14.8. The van der Waals surface area contributed by atoms with Crippen LogP contribution in [0.2, 0.25) is 5.02 Å². The fourth-order valence-corrected chi connectivity index (χ4v) is 7.57. The number of amides is 2. The summed E-state index contributed by atoms with van der Waals surface area (Å²) in [5.41, 5.74) is 12.5. The molecule has 0 spiro atoms. The van der Waals surface area contributed by atoms with Crippen LogP contribution >= 0.6 is 34.7 Å². The summed E-state index contributed by atoms with van der Waals surface area (Å²) in [5.74, 6) is -3.46. The first-order valence-electron chi connectivity index (χ1n) is 13.8. The molecule has 18 heteroatoms. The number of hydrogen-bond acceptors (Lipinski definition) is 11. The minimum absolute atomic E-state index is 0.125. The number of hydrogen-bond donors (Lipinski definition) is 4. The number of carboxylic acid groups (broad SMARTS) is 1. The van der Waals surface area contributed by atoms with E-state index in [4.69, 9.17) is 33.3 Å². The van der Waals surface area contributed by atoms with Crippen molar-refractivity contribution >= 4 is 80.1 Å². The van der Waals surface area contributed by atoms with Gasteiger partial charge in [-0.25, -0.2) is 13.9 Å². The largest absolute Gasteiger partial charge is 0.543 e. The number of rotatable bonds is 10. The van der Waals surface area contributed by atoms with E-state index < -0.39 is 35.0 Å². The number of oxime groups is 1. The molecule has 47 heavy (non-hydrogen) atoms. The highest BCUT2D eigenvalue weighted by molar-refractivity contribution is 8.00. The van der Waals surface area contributed by atoms with Gasteiger partial charge in [-0.15, -0.1) is 23.1 Å². The molecule has 0 aliphatic carbocycles. The Labute approximate surface area is 278 Å². The zero-order valence-corrected chi connectivity index (χ0v) is 26.8. The highest BCUT2D eigenvalue weighted by Crippen LogP contribution is 2.40. The van der Waals surface area contributed by atoms with Gasteiger partial charge in [0.15, 0.2) is 29.8 Å². The highest BCUT2D eigenvalue weighted by Gasteiger charge is 2.53. The number of nitrogens with zero attached hydrogens (tertiary/aromatic N) is 5. The summed E-state index contributed by atoms with van der Waals surface area (Å²) in [6.07, 6.45) is 5.33. The highest BCUT2D eigenvalue weighted by atomic mass is 35.5. The second-order valence-electron chi connectivity index (χ2n) is 10.5. The van der Waals surface area contributed by atoms with Gasteiger partial charge < -0.3 is 36.1 Å². The Hall–Kier alpha value is -5.00. The molecule has 4 aromatic rings. The lowest BCUT2D eigenvalue weighted by molar-refractivity contribution is -0.687. The van der Waals surface area contributed by atoms with Gasteiger partial charge in [0, 0.05) is 45.1 Å². The molecule has 6 N–H and O–H groups in total. The number of nitrogen functional groups attached to an aromatic ring is 2. The molecule has 1 aromatic carbocycles. The Kier molecular flexibility index (Phi) is 8.61. The number of anilines is 1. The molecule has 1 saturated heterocycles. The normalized spacial score (nSPS) is 17.8. The third-order valence-corrected chi connectivity index (χ3v) is 9.96. The number of benzene rings is 1. The number of nitrogens with two attached hydrogens (primary N) is 2. The van der Waals surface area contributed by atoms with E-state index in [1.807, 2.05) is 16.8 Å². The summed E-state index contributed by atoms with van der Waals surface area (Å²) in [4.78, 5) is 48.5. The number of nitrogens with one attached hydrogen (secondary N) is 2. The van der Waals surface area contributed by atoms with Gasteiger partial charge in [-0.3, -0.25) is 19.9 Å². The summed E-state index contributed by atoms with van der Waals surface area (Å²) >= 11 is 8.72. The van der Waals surface area contributed by atoms with Crippen LogP contribution in [0.25, 0.3) is 10.9 Å². The molecule has 3 aromatic heterocycles. The maximum absolute atomic E-state index is 14.8. The van der Waals surface area contributed by atoms with Crippen LogP contribution in [0.1, 0.15) is 16.8 Å². The second kappa shape index (κ2) is 12.7. The monoisotopic (exact) mass is 697 g/mol. The molecular weight excluding hydrogens is 673 g/mol. The van der Waals surface area contributed by atoms with Crippen molar-refractivity contribution in [2.75, 3.05) is 18.6 Å². The smallest absolute Gasteiger partial charge is 0.276 e. The number of aromatic nitrogens is 3. The van der Waals surface area contributed by atoms with Gasteiger partial charge in [0.1, 0.15) is 35.9 Å². The Bertz CT molecular complexity index is 2020. The van der Waals surface area contributed by atoms with Crippen molar-refractivity contribution in [3.05, 3.63) is 87.2 Å². The third-order valence-electron chi connectivity index (χ3n) is 7.61. The van der Waals surface area contributed by atoms with E-state index in [1.54, 1.807) is 23.0 Å². The average Bonchev–Trinajstić information content (AvgIpc) is 3.65. The van der Waals surface area contributed by atoms with E-state index in [1.165, 1.54) is 36.4 Å². The molecule has 6 rings (SSSR count). The number of thioether (sulfide) groups is 1. The van der Waals surface area contributed by atoms with Gasteiger partial charge >= 0.3 is 0 Å². The summed E-state index contributed by atoms with van der Waals surface area (Å²) in [5, 5.41) is 28.2. The minimum atomic E-state index is -1.51. The van der Waals surface area contributed by atoms with Crippen molar-refractivity contribution in [3.63, 3.8) is 0 Å². The zero-order valence-electron chi connectivity index (χ0n) is 24.4. The number of halogens is 2. The quantitative estimate of drug-likeness (QED) is 0.0599. The first kappa shape index (κ1) is 32.0. The number of fused-ring (bicyclic) bond motifs is 2. The fourth-order valence-electron chi connectivity index (χ4n) is 5.42. The third kappa shape index (κ3) is 5.99. The van der Waals surface area contributed by atoms with Gasteiger partial charge in [0.25, 0.3) is 11.8 Å². The van der Waals surface area contributed by atoms with E-state index in [2.05, 4.69) is 15.5 Å². The zero-order chi connectivity index (χ0) is 33.6. The molecule has 14 nitrogen and oxygen atoms in total. The minimum Gasteiger partial charge on any atom is -0.543 e. The molecule has 0 radical (unpaired) electrons. The van der Waals surface area contributed by atoms with Crippen LogP contribution in [0.4, 0.5) is 9.52 Å². The Balaban J connectivity index is 1.19. The Morgan fingerprint density at radius 2 is 2.15 bits per heavy atom. The van der Waals surface area contributed by atoms with Crippen LogP contribution in [0, 0.1) is 11.2 Å². The van der Waals surface area contributed by atoms with E-state index in [0.29, 0.717) is 5.57 Å². The van der Waals surface area contributed by atoms with Gasteiger partial charge in [0.05, 0.1) is 29.1 Å². The molecule has 0 saturated carbocycles. The van der Waals surface area contributed by atoms with Crippen LogP contribution in [0.3, 0.4) is 0 Å². The first-order valence-corrected chi connectivity index (χ1v) is 16.1. The summed E-state index contributed by atoms with van der Waals surface area (Å²) < 4.78 is 18.4. The lowest BCUT2D eigenvalue weighted by Gasteiger charge is -2.50. The fraction of sp³-hybridized carbons (Fsp3) is 0.207. The van der Waals surface area contributed by atoms with E-state index in [-0.39, 0.29) is 63.1 Å². The molecule has 2 amide bonds. The summed E-state index contributed by atoms with van der Waals surface area (Å²) in [6, 6.07) is 5.24. The molecule has 5 heterocycles. The van der Waals surface area contributed by atoms with Gasteiger partial charge in [-0.05, 0) is 18.2 Å². The number of thiazole rings is 1. The van der Waals surface area contributed by atoms with Crippen molar-refractivity contribution in [1.29, 1.82) is 5.41 Å². The Morgan fingerprint density at radius 1 is 1.36 bits per heavy atom. The summed E-state index contributed by atoms with van der Waals surface area (Å²) in [7, 11) is 1.26. The van der Waals surface area contributed by atoms with Crippen LogP contribution in [-0.2, 0) is 32.3 Å². The average molecular weight is 698 g/mol. The van der Waals surface area contributed by atoms with E-state index in [9.17, 15) is 23.9 Å². The van der Waals surface area contributed by atoms with Crippen molar-refractivity contribution in [3.8, 4) is 0 Å². The van der Waals surface area contributed by atoms with Gasteiger partial charge in [-0.2, -0.15) is 0 Å². The summed E-state index contributed by atoms with van der Waals surface area (Å²) in [6.45, 7) is 0.271. The molecule has 2 aliphatic heterocycles. The molecule has 0 bridgehead atoms. The van der Waals surface area contributed by atoms with Crippen molar-refractivity contribution in [2.45, 2.75) is 24.5 Å². The van der Waals surface area contributed by atoms with Gasteiger partial charge in [0.2, 0.25) is 0 Å². The van der Waals surface area contributed by atoms with Gasteiger partial charge in [-0.1, -0.05) is 16.8 Å². The van der Waals surface area contributed by atoms with Crippen molar-refractivity contribution in [1.82, 2.24) is 19.8 Å². The second-order valence-corrected chi connectivity index (χ2v) is 12.9. The number of carbonyl (C=O) groups excluding carboxylic acids is 3. The molecule has 2 aliphatic rings. The van der Waals surface area contributed by atoms with Crippen LogP contribution in [0.15, 0.2) is 64.7 Å². The molecule has 0 unspecified atom stereocenters. The number of amidine groups is 1. The molecule has 242 valence electrons. The topological polar surface area (TPSA) is 209 Å². The van der Waals surface area contributed by atoms with E-state index >= 15 is 0 Å². The predicted molar refractivity (Wildman–Crippen MR) is 171 cm³/mol. The van der Waals surface area contributed by atoms with Crippen molar-refractivity contribution < 1.29 is 33.3 Å². The first-order chi connectivity index (χ1) is 22.5. The number of β-lactam (4-membered cyclic amide) rings is 1. The van der Waals surface area contributed by atoms with Crippen LogP contribution in [0.5, 0.6) is 0 Å². The molecular formula is C29H25ClFN9O5S2. The number of carbonyl (C=O) groups is 3. The van der Waals surface area contributed by atoms with Crippen LogP contribution < -0.4 is 26.5 Å². The number of aliphatic carboxylic acids is 1. The number of pyridine rings is 1. The lowest BCUT2D eigenvalue weighted by atomic mass is 10.0.